The summed E-state index contributed by atoms with van der Waals surface area (Å²) in [5, 5.41) is 12.0. The Labute approximate surface area is 250 Å². The number of benzene rings is 3. The average Bonchev–Trinajstić information content (AvgIpc) is 3.70. The van der Waals surface area contributed by atoms with Gasteiger partial charge in [-0.1, -0.05) is 72.0 Å². The largest absolute Gasteiger partial charge is 0.503 e. The molecule has 3 heterocycles. The summed E-state index contributed by atoms with van der Waals surface area (Å²) >= 11 is 0.954. The summed E-state index contributed by atoms with van der Waals surface area (Å²) in [7, 11) is 0. The molecule has 5 aromatic rings. The molecule has 43 heavy (non-hydrogen) atoms. The van der Waals surface area contributed by atoms with Crippen molar-refractivity contribution in [1.82, 2.24) is 4.98 Å². The second-order valence-electron chi connectivity index (χ2n) is 9.79. The molecule has 2 aromatic heterocycles. The van der Waals surface area contributed by atoms with E-state index in [1.54, 1.807) is 62.4 Å². The minimum atomic E-state index is -1.06. The van der Waals surface area contributed by atoms with Crippen molar-refractivity contribution in [3.63, 3.8) is 0 Å². The molecular weight excluding hydrogens is 568 g/mol. The van der Waals surface area contributed by atoms with Crippen LogP contribution in [-0.4, -0.2) is 34.4 Å². The number of rotatable bonds is 9. The standard InChI is InChI=1S/C33H26N2O7S/c1-3-40-32(39)30-19(2)34-33(43-30)35-27(21-13-15-23(16-14-21)41-18-20-9-5-4-6-10-20)26(29(37)31(35)38)28(36)25-17-22-11-7-8-12-24(22)42-25/h4-17,27,37H,3,18H2,1-2H3. The number of ether oxygens (including phenoxy) is 2. The number of furan rings is 1. The number of fused-ring (bicyclic) bond motifs is 1. The van der Waals surface area contributed by atoms with Crippen LogP contribution in [0.2, 0.25) is 0 Å². The number of anilines is 1. The molecule has 0 aliphatic carbocycles. The van der Waals surface area contributed by atoms with Crippen LogP contribution in [0.1, 0.15) is 50.0 Å². The lowest BCUT2D eigenvalue weighted by Crippen LogP contribution is -2.31. The first kappa shape index (κ1) is 27.9. The topological polar surface area (TPSA) is 119 Å². The number of aliphatic hydroxyl groups excluding tert-OH is 1. The van der Waals surface area contributed by atoms with Crippen LogP contribution in [-0.2, 0) is 16.1 Å². The van der Waals surface area contributed by atoms with Gasteiger partial charge < -0.3 is 19.0 Å². The number of aryl methyl sites for hydroxylation is 1. The van der Waals surface area contributed by atoms with Crippen molar-refractivity contribution in [2.24, 2.45) is 0 Å². The normalized spacial score (nSPS) is 14.9. The molecule has 1 amide bonds. The van der Waals surface area contributed by atoms with E-state index in [1.807, 2.05) is 36.4 Å². The maximum atomic E-state index is 13.9. The maximum absolute atomic E-state index is 13.9. The Kier molecular flexibility index (Phi) is 7.52. The smallest absolute Gasteiger partial charge is 0.350 e. The van der Waals surface area contributed by atoms with Crippen molar-refractivity contribution >= 4 is 45.1 Å². The monoisotopic (exact) mass is 594 g/mol. The van der Waals surface area contributed by atoms with Gasteiger partial charge in [0.1, 0.15) is 22.8 Å². The number of hydrogen-bond donors (Lipinski definition) is 1. The molecule has 0 fully saturated rings. The SMILES string of the molecule is CCOC(=O)c1sc(N2C(=O)C(O)=C(C(=O)c3cc4ccccc4o3)C2c2ccc(OCc3ccccc3)cc2)nc1C. The van der Waals surface area contributed by atoms with Crippen LogP contribution in [0.4, 0.5) is 5.13 Å². The van der Waals surface area contributed by atoms with E-state index < -0.39 is 29.5 Å². The number of nitrogens with zero attached hydrogens (tertiary/aromatic N) is 2. The van der Waals surface area contributed by atoms with Crippen LogP contribution >= 0.6 is 11.3 Å². The molecule has 0 saturated heterocycles. The van der Waals surface area contributed by atoms with Gasteiger partial charge >= 0.3 is 5.97 Å². The van der Waals surface area contributed by atoms with Crippen molar-refractivity contribution in [3.8, 4) is 5.75 Å². The molecule has 10 heteroatoms. The fraction of sp³-hybridized carbons (Fsp3) is 0.152. The van der Waals surface area contributed by atoms with Gasteiger partial charge in [0.05, 0.1) is 23.9 Å². The summed E-state index contributed by atoms with van der Waals surface area (Å²) < 4.78 is 16.9. The Balaban J connectivity index is 1.39. The van der Waals surface area contributed by atoms with Crippen molar-refractivity contribution in [1.29, 1.82) is 0 Å². The van der Waals surface area contributed by atoms with Crippen LogP contribution in [0.25, 0.3) is 11.0 Å². The molecule has 1 atom stereocenters. The molecule has 6 rings (SSSR count). The lowest BCUT2D eigenvalue weighted by atomic mass is 9.95. The number of ketones is 1. The molecule has 0 spiro atoms. The molecule has 1 unspecified atom stereocenters. The van der Waals surface area contributed by atoms with Crippen LogP contribution in [0.3, 0.4) is 0 Å². The van der Waals surface area contributed by atoms with Gasteiger partial charge in [-0.2, -0.15) is 0 Å². The van der Waals surface area contributed by atoms with E-state index >= 15 is 0 Å². The predicted octanol–water partition coefficient (Wildman–Crippen LogP) is 6.74. The van der Waals surface area contributed by atoms with Gasteiger partial charge in [0.25, 0.3) is 5.91 Å². The third-order valence-corrected chi connectivity index (χ3v) is 8.14. The number of Topliss-reactive ketones (excluding diaryl/α,β-unsaturated/α-hetero) is 1. The Bertz CT molecular complexity index is 1840. The summed E-state index contributed by atoms with van der Waals surface area (Å²) in [6.45, 7) is 3.86. The molecule has 0 bridgehead atoms. The molecule has 3 aromatic carbocycles. The fourth-order valence-corrected chi connectivity index (χ4v) is 5.92. The molecule has 0 radical (unpaired) electrons. The van der Waals surface area contributed by atoms with Gasteiger partial charge in [0, 0.05) is 5.39 Å². The van der Waals surface area contributed by atoms with Gasteiger partial charge in [0.15, 0.2) is 16.7 Å². The number of para-hydroxylation sites is 1. The number of carbonyl (C=O) groups is 3. The minimum absolute atomic E-state index is 0.0206. The Morgan fingerprint density at radius 3 is 2.47 bits per heavy atom. The number of hydrogen-bond acceptors (Lipinski definition) is 9. The van der Waals surface area contributed by atoms with E-state index in [4.69, 9.17) is 13.9 Å². The van der Waals surface area contributed by atoms with E-state index in [2.05, 4.69) is 4.98 Å². The first-order chi connectivity index (χ1) is 20.9. The molecule has 1 aliphatic rings. The second-order valence-corrected chi connectivity index (χ2v) is 10.8. The summed E-state index contributed by atoms with van der Waals surface area (Å²) in [4.78, 5) is 46.0. The molecule has 216 valence electrons. The van der Waals surface area contributed by atoms with Gasteiger partial charge in [-0.05, 0) is 49.2 Å². The first-order valence-electron chi connectivity index (χ1n) is 13.6. The minimum Gasteiger partial charge on any atom is -0.503 e. The molecule has 1 N–H and O–H groups in total. The van der Waals surface area contributed by atoms with Gasteiger partial charge in [-0.3, -0.25) is 14.5 Å². The highest BCUT2D eigenvalue weighted by Gasteiger charge is 2.47. The Hall–Kier alpha value is -5.22. The average molecular weight is 595 g/mol. The lowest BCUT2D eigenvalue weighted by Gasteiger charge is -2.24. The number of thiazole rings is 1. The number of esters is 1. The highest BCUT2D eigenvalue weighted by atomic mass is 32.1. The van der Waals surface area contributed by atoms with E-state index in [0.717, 1.165) is 16.9 Å². The third kappa shape index (κ3) is 5.28. The number of carbonyl (C=O) groups excluding carboxylic acids is 3. The molecule has 9 nitrogen and oxygen atoms in total. The van der Waals surface area contributed by atoms with E-state index in [9.17, 15) is 19.5 Å². The zero-order valence-electron chi connectivity index (χ0n) is 23.3. The van der Waals surface area contributed by atoms with Crippen molar-refractivity contribution in [2.45, 2.75) is 26.5 Å². The highest BCUT2D eigenvalue weighted by Crippen LogP contribution is 2.44. The number of aliphatic hydroxyl groups is 1. The summed E-state index contributed by atoms with van der Waals surface area (Å²) in [6.07, 6.45) is 0. The van der Waals surface area contributed by atoms with Crippen LogP contribution < -0.4 is 9.64 Å². The quantitative estimate of drug-likeness (QED) is 0.147. The zero-order valence-corrected chi connectivity index (χ0v) is 24.1. The maximum Gasteiger partial charge on any atom is 0.350 e. The van der Waals surface area contributed by atoms with Gasteiger partial charge in [-0.15, -0.1) is 0 Å². The Morgan fingerprint density at radius 1 is 1.02 bits per heavy atom. The summed E-state index contributed by atoms with van der Waals surface area (Å²) in [5.74, 6) is -2.19. The van der Waals surface area contributed by atoms with E-state index in [1.165, 1.54) is 4.90 Å². The highest BCUT2D eigenvalue weighted by molar-refractivity contribution is 7.17. The van der Waals surface area contributed by atoms with E-state index in [-0.39, 0.29) is 27.9 Å². The lowest BCUT2D eigenvalue weighted by molar-refractivity contribution is -0.117. The van der Waals surface area contributed by atoms with Crippen molar-refractivity contribution < 1.29 is 33.4 Å². The van der Waals surface area contributed by atoms with Crippen molar-refractivity contribution in [3.05, 3.63) is 124 Å². The fourth-order valence-electron chi connectivity index (χ4n) is 4.93. The molecule has 1 aliphatic heterocycles. The van der Waals surface area contributed by atoms with Crippen LogP contribution in [0.15, 0.2) is 101 Å². The predicted molar refractivity (Wildman–Crippen MR) is 160 cm³/mol. The van der Waals surface area contributed by atoms with E-state index in [0.29, 0.717) is 34.6 Å². The third-order valence-electron chi connectivity index (χ3n) is 7.00. The molecule has 0 saturated carbocycles. The summed E-state index contributed by atoms with van der Waals surface area (Å²) in [6, 6.07) is 24.3. The van der Waals surface area contributed by atoms with Crippen LogP contribution in [0, 0.1) is 6.92 Å². The van der Waals surface area contributed by atoms with Gasteiger partial charge in [-0.25, -0.2) is 9.78 Å². The van der Waals surface area contributed by atoms with Gasteiger partial charge in [0.2, 0.25) is 5.78 Å². The second kappa shape index (κ2) is 11.6. The first-order valence-corrected chi connectivity index (χ1v) is 14.4. The number of amides is 1. The van der Waals surface area contributed by atoms with Crippen molar-refractivity contribution in [2.75, 3.05) is 11.5 Å². The summed E-state index contributed by atoms with van der Waals surface area (Å²) in [5.41, 5.74) is 2.23. The van der Waals surface area contributed by atoms with Crippen LogP contribution in [0.5, 0.6) is 5.75 Å². The Morgan fingerprint density at radius 2 is 1.74 bits per heavy atom. The number of aromatic nitrogens is 1. The zero-order chi connectivity index (χ0) is 30.1. The molecular formula is C33H26N2O7S.